The Hall–Kier alpha value is -7.94. The summed E-state index contributed by atoms with van der Waals surface area (Å²) in [6.07, 6.45) is 0. The van der Waals surface area contributed by atoms with Crippen LogP contribution in [0.2, 0.25) is 0 Å². The van der Waals surface area contributed by atoms with Crippen LogP contribution in [0.3, 0.4) is 0 Å². The average molecular weight is 766 g/mol. The molecule has 0 N–H and O–H groups in total. The van der Waals surface area contributed by atoms with Gasteiger partial charge in [0.2, 0.25) is 0 Å². The second kappa shape index (κ2) is 15.1. The minimum Gasteiger partial charge on any atom is -0.455 e. The van der Waals surface area contributed by atoms with Crippen molar-refractivity contribution in [3.8, 4) is 55.6 Å². The Labute approximate surface area is 349 Å². The SMILES string of the molecule is c1ccc(-c2ccccc2-c2ccc(N(c3ccc(-c4ccc(-c5ccc6ccccc6c5)cc4)cc3)c3ccc(-c4ccccc4)c4oc5ccccc5c34)cc2)cc1. The number of para-hydroxylation sites is 1. The molecular formula is C58H39NO. The van der Waals surface area contributed by atoms with Crippen LogP contribution in [-0.2, 0) is 0 Å². The molecule has 60 heavy (non-hydrogen) atoms. The van der Waals surface area contributed by atoms with Crippen LogP contribution >= 0.6 is 0 Å². The van der Waals surface area contributed by atoms with Gasteiger partial charge < -0.3 is 9.32 Å². The van der Waals surface area contributed by atoms with Gasteiger partial charge in [-0.3, -0.25) is 0 Å². The number of nitrogens with zero attached hydrogens (tertiary/aromatic N) is 1. The Morgan fingerprint density at radius 1 is 0.300 bits per heavy atom. The van der Waals surface area contributed by atoms with Crippen molar-refractivity contribution < 1.29 is 4.42 Å². The van der Waals surface area contributed by atoms with E-state index in [1.807, 2.05) is 6.07 Å². The summed E-state index contributed by atoms with van der Waals surface area (Å²) in [5.41, 5.74) is 16.7. The first-order chi connectivity index (χ1) is 29.7. The normalized spacial score (nSPS) is 11.3. The number of hydrogen-bond donors (Lipinski definition) is 0. The second-order valence-corrected chi connectivity index (χ2v) is 15.3. The van der Waals surface area contributed by atoms with Gasteiger partial charge in [0.05, 0.1) is 11.1 Å². The van der Waals surface area contributed by atoms with E-state index in [2.05, 4.69) is 235 Å². The van der Waals surface area contributed by atoms with E-state index in [1.165, 1.54) is 49.7 Å². The number of rotatable bonds is 8. The Morgan fingerprint density at radius 3 is 1.42 bits per heavy atom. The van der Waals surface area contributed by atoms with Crippen LogP contribution in [0.5, 0.6) is 0 Å². The molecular weight excluding hydrogens is 727 g/mol. The molecule has 0 amide bonds. The van der Waals surface area contributed by atoms with E-state index in [4.69, 9.17) is 4.42 Å². The largest absolute Gasteiger partial charge is 0.455 e. The van der Waals surface area contributed by atoms with Crippen LogP contribution in [0.25, 0.3) is 88.3 Å². The standard InChI is InChI=1S/C58H39NO/c1-3-14-44(15-4-1)51-19-9-10-20-52(51)46-31-35-50(36-32-46)59(55-38-37-53(45-16-5-2-6-17-45)58-57(55)54-21-11-12-22-56(54)60-58)49-33-29-42(30-34-49)41-23-25-43(26-24-41)48-28-27-40-13-7-8-18-47(40)39-48/h1-39H. The van der Waals surface area contributed by atoms with Crippen molar-refractivity contribution >= 4 is 49.8 Å². The topological polar surface area (TPSA) is 16.4 Å². The Kier molecular flexibility index (Phi) is 8.87. The third-order valence-corrected chi connectivity index (χ3v) is 11.7. The highest BCUT2D eigenvalue weighted by Crippen LogP contribution is 2.47. The lowest BCUT2D eigenvalue weighted by Crippen LogP contribution is -2.10. The zero-order valence-electron chi connectivity index (χ0n) is 32.9. The summed E-state index contributed by atoms with van der Waals surface area (Å²) in [6.45, 7) is 0. The highest BCUT2D eigenvalue weighted by Gasteiger charge is 2.22. The maximum absolute atomic E-state index is 6.75. The highest BCUT2D eigenvalue weighted by molar-refractivity contribution is 6.17. The van der Waals surface area contributed by atoms with E-state index in [0.717, 1.165) is 55.7 Å². The molecule has 2 heteroatoms. The van der Waals surface area contributed by atoms with Crippen molar-refractivity contribution in [2.75, 3.05) is 4.90 Å². The van der Waals surface area contributed by atoms with Gasteiger partial charge in [-0.25, -0.2) is 0 Å². The minimum atomic E-state index is 0.868. The summed E-state index contributed by atoms with van der Waals surface area (Å²) in [5, 5.41) is 4.67. The fraction of sp³-hybridized carbons (Fsp3) is 0. The Bertz CT molecular complexity index is 3270. The van der Waals surface area contributed by atoms with E-state index in [9.17, 15) is 0 Å². The lowest BCUT2D eigenvalue weighted by atomic mass is 9.94. The maximum atomic E-state index is 6.75. The first kappa shape index (κ1) is 35.2. The molecule has 282 valence electrons. The van der Waals surface area contributed by atoms with E-state index in [-0.39, 0.29) is 0 Å². The van der Waals surface area contributed by atoms with Gasteiger partial charge in [-0.05, 0) is 109 Å². The molecule has 1 aromatic heterocycles. The zero-order valence-corrected chi connectivity index (χ0v) is 32.9. The fourth-order valence-electron chi connectivity index (χ4n) is 8.69. The van der Waals surface area contributed by atoms with Crippen LogP contribution in [0.15, 0.2) is 241 Å². The smallest absolute Gasteiger partial charge is 0.145 e. The summed E-state index contributed by atoms with van der Waals surface area (Å²) < 4.78 is 6.75. The third kappa shape index (κ3) is 6.41. The zero-order chi connectivity index (χ0) is 39.8. The van der Waals surface area contributed by atoms with Crippen molar-refractivity contribution in [1.29, 1.82) is 0 Å². The third-order valence-electron chi connectivity index (χ3n) is 11.7. The van der Waals surface area contributed by atoms with Gasteiger partial charge in [0.25, 0.3) is 0 Å². The number of furan rings is 1. The first-order valence-electron chi connectivity index (χ1n) is 20.5. The number of benzene rings is 10. The summed E-state index contributed by atoms with van der Waals surface area (Å²) in [7, 11) is 0. The molecule has 11 aromatic rings. The molecule has 10 aromatic carbocycles. The van der Waals surface area contributed by atoms with Gasteiger partial charge in [0.1, 0.15) is 11.2 Å². The maximum Gasteiger partial charge on any atom is 0.145 e. The van der Waals surface area contributed by atoms with Gasteiger partial charge in [0, 0.05) is 22.3 Å². The summed E-state index contributed by atoms with van der Waals surface area (Å²) in [4.78, 5) is 2.37. The molecule has 2 nitrogen and oxygen atoms in total. The monoisotopic (exact) mass is 765 g/mol. The lowest BCUT2D eigenvalue weighted by Gasteiger charge is -2.27. The molecule has 0 fully saturated rings. The molecule has 0 aliphatic rings. The molecule has 0 atom stereocenters. The van der Waals surface area contributed by atoms with E-state index in [1.54, 1.807) is 0 Å². The molecule has 0 unspecified atom stereocenters. The van der Waals surface area contributed by atoms with E-state index >= 15 is 0 Å². The fourth-order valence-corrected chi connectivity index (χ4v) is 8.69. The number of anilines is 3. The molecule has 1 heterocycles. The van der Waals surface area contributed by atoms with Crippen LogP contribution in [-0.4, -0.2) is 0 Å². The quantitative estimate of drug-likeness (QED) is 0.153. The minimum absolute atomic E-state index is 0.868. The molecule has 0 aliphatic heterocycles. The van der Waals surface area contributed by atoms with E-state index < -0.39 is 0 Å². The van der Waals surface area contributed by atoms with Gasteiger partial charge in [-0.15, -0.1) is 0 Å². The number of fused-ring (bicyclic) bond motifs is 4. The van der Waals surface area contributed by atoms with Crippen molar-refractivity contribution in [3.63, 3.8) is 0 Å². The molecule has 0 saturated carbocycles. The second-order valence-electron chi connectivity index (χ2n) is 15.3. The van der Waals surface area contributed by atoms with Crippen LogP contribution in [0.4, 0.5) is 17.1 Å². The first-order valence-corrected chi connectivity index (χ1v) is 20.5. The summed E-state index contributed by atoms with van der Waals surface area (Å²) in [6, 6.07) is 84.7. The molecule has 11 rings (SSSR count). The average Bonchev–Trinajstić information content (AvgIpc) is 3.73. The van der Waals surface area contributed by atoms with Gasteiger partial charge in [-0.2, -0.15) is 0 Å². The molecule has 0 radical (unpaired) electrons. The highest BCUT2D eigenvalue weighted by atomic mass is 16.3. The van der Waals surface area contributed by atoms with Crippen molar-refractivity contribution in [3.05, 3.63) is 237 Å². The van der Waals surface area contributed by atoms with Gasteiger partial charge in [0.15, 0.2) is 0 Å². The van der Waals surface area contributed by atoms with Crippen molar-refractivity contribution in [2.24, 2.45) is 0 Å². The molecule has 0 aliphatic carbocycles. The predicted octanol–water partition coefficient (Wildman–Crippen LogP) is 16.5. The number of hydrogen-bond acceptors (Lipinski definition) is 2. The molecule has 0 bridgehead atoms. The Balaban J connectivity index is 1.02. The van der Waals surface area contributed by atoms with Crippen LogP contribution in [0.1, 0.15) is 0 Å². The van der Waals surface area contributed by atoms with Gasteiger partial charge >= 0.3 is 0 Å². The van der Waals surface area contributed by atoms with Crippen molar-refractivity contribution in [2.45, 2.75) is 0 Å². The Morgan fingerprint density at radius 2 is 0.767 bits per heavy atom. The summed E-state index contributed by atoms with van der Waals surface area (Å²) in [5.74, 6) is 0. The lowest BCUT2D eigenvalue weighted by molar-refractivity contribution is 0.670. The molecule has 0 saturated heterocycles. The van der Waals surface area contributed by atoms with Crippen LogP contribution < -0.4 is 4.90 Å². The van der Waals surface area contributed by atoms with Crippen molar-refractivity contribution in [1.82, 2.24) is 0 Å². The molecule has 0 spiro atoms. The van der Waals surface area contributed by atoms with Crippen LogP contribution in [0, 0.1) is 0 Å². The van der Waals surface area contributed by atoms with Gasteiger partial charge in [-0.1, -0.05) is 188 Å². The van der Waals surface area contributed by atoms with E-state index in [0.29, 0.717) is 0 Å². The predicted molar refractivity (Wildman–Crippen MR) is 253 cm³/mol. The summed E-state index contributed by atoms with van der Waals surface area (Å²) >= 11 is 0.